The Bertz CT molecular complexity index is 1940. The molecule has 0 saturated carbocycles. The van der Waals surface area contributed by atoms with E-state index < -0.39 is 16.1 Å². The van der Waals surface area contributed by atoms with Gasteiger partial charge in [-0.2, -0.15) is 4.74 Å². The number of aliphatic hydroxyl groups is 1. The molecule has 0 unspecified atom stereocenters. The number of sulfonamides is 1. The Hall–Kier alpha value is -4.63. The van der Waals surface area contributed by atoms with Gasteiger partial charge in [0.2, 0.25) is 0 Å². The number of carbonyl (C=O) groups excluding carboxylic acids is 1. The Morgan fingerprint density at radius 2 is 1.89 bits per heavy atom. The maximum absolute atomic E-state index is 12.7. The molecule has 12 nitrogen and oxygen atoms in total. The lowest BCUT2D eigenvalue weighted by Gasteiger charge is -2.28. The van der Waals surface area contributed by atoms with E-state index in [0.717, 1.165) is 22.4 Å². The molecule has 1 amide bonds. The molecular weight excluding hydrogens is 615 g/mol. The van der Waals surface area contributed by atoms with E-state index in [1.54, 1.807) is 48.5 Å². The van der Waals surface area contributed by atoms with Crippen LogP contribution in [0.5, 0.6) is 0 Å². The van der Waals surface area contributed by atoms with Gasteiger partial charge in [-0.15, -0.1) is 0 Å². The van der Waals surface area contributed by atoms with Crippen LogP contribution in [0.1, 0.15) is 42.3 Å². The summed E-state index contributed by atoms with van der Waals surface area (Å²) < 4.78 is 30.4. The second-order valence-electron chi connectivity index (χ2n) is 11.1. The number of benzene rings is 2. The van der Waals surface area contributed by atoms with Gasteiger partial charge in [-0.05, 0) is 73.6 Å². The Morgan fingerprint density at radius 3 is 2.62 bits per heavy atom. The van der Waals surface area contributed by atoms with Gasteiger partial charge in [0.15, 0.2) is 5.13 Å². The summed E-state index contributed by atoms with van der Waals surface area (Å²) in [5.74, 6) is -0.386. The van der Waals surface area contributed by atoms with Crippen LogP contribution < -0.4 is 15.4 Å². The number of carbonyl (C=O) groups is 1. The molecule has 234 valence electrons. The minimum atomic E-state index is -3.75. The predicted molar refractivity (Wildman–Crippen MR) is 176 cm³/mol. The van der Waals surface area contributed by atoms with E-state index >= 15 is 0 Å². The van der Waals surface area contributed by atoms with Crippen molar-refractivity contribution in [3.05, 3.63) is 102 Å². The Labute approximate surface area is 264 Å². The van der Waals surface area contributed by atoms with E-state index in [1.165, 1.54) is 24.5 Å². The highest BCUT2D eigenvalue weighted by molar-refractivity contribution is 7.92. The normalized spacial score (nSPS) is 12.6. The quantitative estimate of drug-likeness (QED) is 0.0608. The molecule has 14 heteroatoms. The first kappa shape index (κ1) is 31.8. The van der Waals surface area contributed by atoms with E-state index in [2.05, 4.69) is 32.0 Å². The number of fused-ring (bicyclic) bond motifs is 1. The van der Waals surface area contributed by atoms with Crippen LogP contribution in [0.25, 0.3) is 11.0 Å². The number of β-amino-alcohol motifs (C(OH)–C–C–N with tert-alkyl or cyclic N) is 1. The summed E-state index contributed by atoms with van der Waals surface area (Å²) in [5.41, 5.74) is 1.68. The molecule has 5 rings (SSSR count). The molecule has 3 aromatic heterocycles. The van der Waals surface area contributed by atoms with E-state index in [9.17, 15) is 23.5 Å². The summed E-state index contributed by atoms with van der Waals surface area (Å²) in [6, 6.07) is 18.5. The largest absolute Gasteiger partial charge is 0.618 e. The molecule has 0 radical (unpaired) electrons. The van der Waals surface area contributed by atoms with E-state index in [0.29, 0.717) is 34.5 Å². The van der Waals surface area contributed by atoms with E-state index in [4.69, 9.17) is 0 Å². The second kappa shape index (κ2) is 13.2. The van der Waals surface area contributed by atoms with Crippen molar-refractivity contribution >= 4 is 60.8 Å². The van der Waals surface area contributed by atoms with Crippen molar-refractivity contribution in [2.24, 2.45) is 0 Å². The number of aliphatic hydroxyl groups excluding tert-OH is 1. The maximum Gasteiger partial charge on any atom is 0.294 e. The molecule has 0 aliphatic carbocycles. The van der Waals surface area contributed by atoms with E-state index in [1.807, 2.05) is 30.7 Å². The summed E-state index contributed by atoms with van der Waals surface area (Å²) in [6.07, 6.45) is 4.60. The lowest BCUT2D eigenvalue weighted by molar-refractivity contribution is -0.345. The van der Waals surface area contributed by atoms with Gasteiger partial charge in [0, 0.05) is 42.1 Å². The maximum atomic E-state index is 12.7. The van der Waals surface area contributed by atoms with Gasteiger partial charge >= 0.3 is 0 Å². The van der Waals surface area contributed by atoms with Gasteiger partial charge in [0.1, 0.15) is 18.6 Å². The summed E-state index contributed by atoms with van der Waals surface area (Å²) >= 11 is 1.02. The zero-order chi connectivity index (χ0) is 32.2. The number of anilines is 2. The molecule has 45 heavy (non-hydrogen) atoms. The number of amides is 1. The zero-order valence-corrected chi connectivity index (χ0v) is 26.3. The number of aryl methyl sites for hydroxylation is 1. The Balaban J connectivity index is 1.16. The predicted octanol–water partition coefficient (Wildman–Crippen LogP) is 4.88. The fraction of sp³-hybridized carbons (Fsp3) is 0.226. The molecule has 1 atom stereocenters. The van der Waals surface area contributed by atoms with Crippen LogP contribution in [0.15, 0.2) is 90.2 Å². The zero-order valence-electron chi connectivity index (χ0n) is 24.7. The number of aromatic nitrogens is 3. The van der Waals surface area contributed by atoms with Crippen LogP contribution in [-0.2, 0) is 16.6 Å². The SMILES string of the molecule is C=[N+]([O-])c1cnc(NC(=O)c2cnc3c(ccn3CCC(C)(C)NC[C@H](O)c3cccc(NS(=O)(=O)c4ccccc4)c3)c2)s1. The smallest absolute Gasteiger partial charge is 0.294 e. The highest BCUT2D eigenvalue weighted by atomic mass is 32.2. The van der Waals surface area contributed by atoms with Gasteiger partial charge in [-0.3, -0.25) is 14.8 Å². The third-order valence-electron chi connectivity index (χ3n) is 7.15. The molecule has 2 aromatic carbocycles. The number of hydrogen-bond donors (Lipinski definition) is 4. The molecular formula is C31H33N7O5S2. The summed E-state index contributed by atoms with van der Waals surface area (Å²) in [4.78, 5) is 21.4. The van der Waals surface area contributed by atoms with Crippen molar-refractivity contribution in [1.82, 2.24) is 19.9 Å². The van der Waals surface area contributed by atoms with Gasteiger partial charge in [-0.25, -0.2) is 18.4 Å². The van der Waals surface area contributed by atoms with Crippen LogP contribution in [0, 0.1) is 5.21 Å². The van der Waals surface area contributed by atoms with Crippen molar-refractivity contribution in [2.45, 2.75) is 43.4 Å². The van der Waals surface area contributed by atoms with Crippen LogP contribution in [0.2, 0.25) is 0 Å². The highest BCUT2D eigenvalue weighted by Gasteiger charge is 2.21. The first-order valence-corrected chi connectivity index (χ1v) is 16.3. The van der Waals surface area contributed by atoms with Crippen molar-refractivity contribution in [1.29, 1.82) is 0 Å². The van der Waals surface area contributed by atoms with Gasteiger partial charge < -0.3 is 20.2 Å². The summed E-state index contributed by atoms with van der Waals surface area (Å²) in [7, 11) is -3.75. The minimum Gasteiger partial charge on any atom is -0.618 e. The molecule has 3 heterocycles. The molecule has 0 saturated heterocycles. The van der Waals surface area contributed by atoms with Crippen LogP contribution in [0.3, 0.4) is 0 Å². The lowest BCUT2D eigenvalue weighted by atomic mass is 9.99. The average Bonchev–Trinajstić information content (AvgIpc) is 3.66. The van der Waals surface area contributed by atoms with Crippen LogP contribution >= 0.6 is 11.3 Å². The van der Waals surface area contributed by atoms with Gasteiger partial charge in [0.25, 0.3) is 20.9 Å². The summed E-state index contributed by atoms with van der Waals surface area (Å²) in [5, 5.41) is 29.7. The third-order valence-corrected chi connectivity index (χ3v) is 9.47. The standard InChI is InChI=1S/C31H33N7O5S2/c1-31(2,34-19-26(39)21-8-7-9-24(17-21)36-45(42,43)25-10-5-4-6-11-25)13-15-38-14-12-22-16-23(18-32-28(22)38)29(40)35-30-33-20-27(44-30)37(3)41/h4-12,14,16-18,20,26,34,36,39H,3,13,15,19H2,1-2H3,(H,33,35,40)/t26-/m0/s1. The molecule has 4 N–H and O–H groups in total. The van der Waals surface area contributed by atoms with Gasteiger partial charge in [0.05, 0.1) is 16.6 Å². The van der Waals surface area contributed by atoms with Crippen LogP contribution in [-0.4, -0.2) is 57.5 Å². The van der Waals surface area contributed by atoms with Crippen molar-refractivity contribution in [2.75, 3.05) is 16.6 Å². The number of rotatable bonds is 13. The average molecular weight is 648 g/mol. The minimum absolute atomic E-state index is 0.158. The Kier molecular flexibility index (Phi) is 9.29. The first-order valence-electron chi connectivity index (χ1n) is 14.0. The number of nitrogens with zero attached hydrogens (tertiary/aromatic N) is 4. The molecule has 0 aliphatic rings. The number of nitrogens with one attached hydrogen (secondary N) is 3. The fourth-order valence-corrected chi connectivity index (χ4v) is 6.32. The lowest BCUT2D eigenvalue weighted by Crippen LogP contribution is -2.42. The highest BCUT2D eigenvalue weighted by Crippen LogP contribution is 2.26. The molecule has 0 aliphatic heterocycles. The van der Waals surface area contributed by atoms with Crippen LogP contribution in [0.4, 0.5) is 15.8 Å². The monoisotopic (exact) mass is 647 g/mol. The fourth-order valence-electron chi connectivity index (χ4n) is 4.59. The first-order chi connectivity index (χ1) is 21.4. The Morgan fingerprint density at radius 1 is 1.11 bits per heavy atom. The molecule has 5 aromatic rings. The second-order valence-corrected chi connectivity index (χ2v) is 13.7. The molecule has 0 bridgehead atoms. The van der Waals surface area contributed by atoms with Gasteiger partial charge in [-0.1, -0.05) is 30.3 Å². The van der Waals surface area contributed by atoms with Crippen molar-refractivity contribution < 1.29 is 23.1 Å². The molecule has 0 spiro atoms. The van der Waals surface area contributed by atoms with Crippen molar-refractivity contribution in [3.63, 3.8) is 0 Å². The number of thiazole rings is 1. The number of hydrogen-bond acceptors (Lipinski definition) is 9. The number of pyridine rings is 1. The summed E-state index contributed by atoms with van der Waals surface area (Å²) in [6.45, 7) is 8.23. The van der Waals surface area contributed by atoms with E-state index in [-0.39, 0.29) is 33.0 Å². The molecule has 0 fully saturated rings. The third kappa shape index (κ3) is 7.91. The topological polar surface area (TPSA) is 164 Å². The van der Waals surface area contributed by atoms with Crippen molar-refractivity contribution in [3.8, 4) is 0 Å².